The third-order valence-electron chi connectivity index (χ3n) is 6.50. The van der Waals surface area contributed by atoms with Crippen molar-refractivity contribution in [3.63, 3.8) is 0 Å². The van der Waals surface area contributed by atoms with Gasteiger partial charge in [0.25, 0.3) is 0 Å². The van der Waals surface area contributed by atoms with E-state index in [1.54, 1.807) is 0 Å². The minimum Gasteiger partial charge on any atom is -0.494 e. The van der Waals surface area contributed by atoms with E-state index < -0.39 is 0 Å². The monoisotopic (exact) mass is 402 g/mol. The van der Waals surface area contributed by atoms with Crippen LogP contribution in [0.5, 0.6) is 5.75 Å². The summed E-state index contributed by atoms with van der Waals surface area (Å²) < 4.78 is 5.49. The normalized spacial score (nSPS) is 24.5. The van der Waals surface area contributed by atoms with Crippen molar-refractivity contribution in [3.8, 4) is 5.75 Å². The number of benzene rings is 1. The maximum atomic E-state index is 12.7. The first kappa shape index (κ1) is 21.9. The maximum Gasteiger partial charge on any atom is 0.317 e. The molecule has 162 valence electrons. The fourth-order valence-electron chi connectivity index (χ4n) is 4.50. The quantitative estimate of drug-likeness (QED) is 0.760. The molecule has 1 N–H and O–H groups in total. The minimum atomic E-state index is -0.0191. The van der Waals surface area contributed by atoms with Gasteiger partial charge in [-0.1, -0.05) is 12.1 Å². The third-order valence-corrected chi connectivity index (χ3v) is 6.50. The molecule has 2 aliphatic rings. The van der Waals surface area contributed by atoms with Crippen LogP contribution in [0.25, 0.3) is 0 Å². The van der Waals surface area contributed by atoms with Crippen LogP contribution in [0, 0.1) is 0 Å². The van der Waals surface area contributed by atoms with E-state index in [0.29, 0.717) is 18.7 Å². The second-order valence-corrected chi connectivity index (χ2v) is 8.52. The Morgan fingerprint density at radius 2 is 1.69 bits per heavy atom. The lowest BCUT2D eigenvalue weighted by Gasteiger charge is -2.37. The van der Waals surface area contributed by atoms with Crippen LogP contribution in [0.4, 0.5) is 4.79 Å². The van der Waals surface area contributed by atoms with E-state index in [-0.39, 0.29) is 12.1 Å². The van der Waals surface area contributed by atoms with Crippen molar-refractivity contribution < 1.29 is 9.53 Å². The van der Waals surface area contributed by atoms with Gasteiger partial charge in [0.2, 0.25) is 0 Å². The second-order valence-electron chi connectivity index (χ2n) is 8.52. The van der Waals surface area contributed by atoms with Crippen LogP contribution in [-0.4, -0.2) is 78.7 Å². The summed E-state index contributed by atoms with van der Waals surface area (Å²) >= 11 is 0. The Kier molecular flexibility index (Phi) is 7.78. The van der Waals surface area contributed by atoms with Crippen LogP contribution in [0.2, 0.25) is 0 Å². The molecule has 6 nitrogen and oxygen atoms in total. The molecule has 29 heavy (non-hydrogen) atoms. The average Bonchev–Trinajstić information content (AvgIpc) is 3.05. The predicted molar refractivity (Wildman–Crippen MR) is 117 cm³/mol. The highest BCUT2D eigenvalue weighted by molar-refractivity contribution is 5.74. The molecule has 0 aliphatic carbocycles. The number of nitrogens with zero attached hydrogens (tertiary/aromatic N) is 3. The van der Waals surface area contributed by atoms with Crippen molar-refractivity contribution >= 4 is 6.03 Å². The fraction of sp³-hybridized carbons (Fsp3) is 0.696. The molecular weight excluding hydrogens is 364 g/mol. The predicted octanol–water partition coefficient (Wildman–Crippen LogP) is 3.35. The van der Waals surface area contributed by atoms with Crippen LogP contribution in [-0.2, 0) is 0 Å². The van der Waals surface area contributed by atoms with Gasteiger partial charge in [-0.15, -0.1) is 0 Å². The van der Waals surface area contributed by atoms with Gasteiger partial charge in [0.05, 0.1) is 12.6 Å². The smallest absolute Gasteiger partial charge is 0.317 e. The molecule has 2 amide bonds. The summed E-state index contributed by atoms with van der Waals surface area (Å²) in [5.41, 5.74) is 1.09. The zero-order valence-electron chi connectivity index (χ0n) is 18.6. The lowest BCUT2D eigenvalue weighted by Crippen LogP contribution is -2.53. The molecule has 3 unspecified atom stereocenters. The molecule has 2 fully saturated rings. The number of nitrogens with one attached hydrogen (secondary N) is 1. The van der Waals surface area contributed by atoms with Gasteiger partial charge in [0.1, 0.15) is 5.75 Å². The zero-order chi connectivity index (χ0) is 20.8. The highest BCUT2D eigenvalue weighted by Crippen LogP contribution is 2.23. The van der Waals surface area contributed by atoms with E-state index in [2.05, 4.69) is 29.0 Å². The lowest BCUT2D eigenvalue weighted by molar-refractivity contribution is 0.117. The largest absolute Gasteiger partial charge is 0.494 e. The molecule has 1 aromatic rings. The Hall–Kier alpha value is -1.79. The average molecular weight is 403 g/mol. The summed E-state index contributed by atoms with van der Waals surface area (Å²) in [7, 11) is 0. The van der Waals surface area contributed by atoms with Crippen molar-refractivity contribution in [2.75, 3.05) is 45.9 Å². The van der Waals surface area contributed by atoms with E-state index in [0.717, 1.165) is 50.6 Å². The highest BCUT2D eigenvalue weighted by Gasteiger charge is 2.28. The van der Waals surface area contributed by atoms with Gasteiger partial charge in [-0.25, -0.2) is 4.79 Å². The first-order chi connectivity index (χ1) is 14.0. The molecule has 0 saturated carbocycles. The molecule has 3 atom stereocenters. The van der Waals surface area contributed by atoms with Crippen molar-refractivity contribution in [2.45, 2.75) is 58.7 Å². The summed E-state index contributed by atoms with van der Waals surface area (Å²) in [6, 6.07) is 9.40. The number of hydrogen-bond acceptors (Lipinski definition) is 4. The molecule has 0 spiro atoms. The van der Waals surface area contributed by atoms with Crippen LogP contribution in [0.3, 0.4) is 0 Å². The molecule has 1 aromatic carbocycles. The molecule has 0 radical (unpaired) electrons. The minimum absolute atomic E-state index is 0.0191. The van der Waals surface area contributed by atoms with Crippen LogP contribution >= 0.6 is 0 Å². The zero-order valence-corrected chi connectivity index (χ0v) is 18.6. The van der Waals surface area contributed by atoms with Gasteiger partial charge in [0, 0.05) is 51.4 Å². The van der Waals surface area contributed by atoms with Gasteiger partial charge in [0.15, 0.2) is 0 Å². The fourth-order valence-corrected chi connectivity index (χ4v) is 4.50. The maximum absolute atomic E-state index is 12.7. The number of rotatable bonds is 7. The standard InChI is InChI=1S/C23H38N4O2/c1-5-29-22-10-8-21(9-11-22)20(4)24-23(28)26-15-12-25(13-16-26)14-17-27-18(2)6-7-19(27)3/h8-11,18-20H,5-7,12-17H2,1-4H3,(H,24,28). The Bertz CT molecular complexity index is 633. The molecule has 3 rings (SSSR count). The number of ether oxygens (including phenoxy) is 1. The number of carbonyl (C=O) groups is 1. The highest BCUT2D eigenvalue weighted by atomic mass is 16.5. The van der Waals surface area contributed by atoms with Crippen molar-refractivity contribution in [2.24, 2.45) is 0 Å². The summed E-state index contributed by atoms with van der Waals surface area (Å²) in [5.74, 6) is 0.864. The van der Waals surface area contributed by atoms with E-state index in [1.165, 1.54) is 12.8 Å². The number of likely N-dealkylation sites (tertiary alicyclic amines) is 1. The number of hydrogen-bond donors (Lipinski definition) is 1. The van der Waals surface area contributed by atoms with E-state index in [9.17, 15) is 4.79 Å². The van der Waals surface area contributed by atoms with Gasteiger partial charge in [-0.3, -0.25) is 9.80 Å². The third kappa shape index (κ3) is 5.86. The number of piperazine rings is 1. The molecule has 0 bridgehead atoms. The Balaban J connectivity index is 1.40. The molecule has 2 heterocycles. The van der Waals surface area contributed by atoms with Crippen molar-refractivity contribution in [1.82, 2.24) is 20.0 Å². The van der Waals surface area contributed by atoms with Crippen molar-refractivity contribution in [1.29, 1.82) is 0 Å². The second kappa shape index (κ2) is 10.3. The van der Waals surface area contributed by atoms with E-state index in [1.807, 2.05) is 43.0 Å². The Morgan fingerprint density at radius 3 is 2.28 bits per heavy atom. The Labute approximate surface area is 176 Å². The van der Waals surface area contributed by atoms with Crippen LogP contribution in [0.15, 0.2) is 24.3 Å². The summed E-state index contributed by atoms with van der Waals surface area (Å²) in [4.78, 5) is 19.8. The summed E-state index contributed by atoms with van der Waals surface area (Å²) in [5, 5.41) is 3.14. The molecule has 2 saturated heterocycles. The Morgan fingerprint density at radius 1 is 1.07 bits per heavy atom. The SMILES string of the molecule is CCOc1ccc(C(C)NC(=O)N2CCN(CCN3C(C)CCC3C)CC2)cc1. The summed E-state index contributed by atoms with van der Waals surface area (Å²) in [6.07, 6.45) is 2.64. The van der Waals surface area contributed by atoms with Crippen LogP contribution in [0.1, 0.15) is 52.1 Å². The van der Waals surface area contributed by atoms with Gasteiger partial charge >= 0.3 is 6.03 Å². The topological polar surface area (TPSA) is 48.1 Å². The molecule has 2 aliphatic heterocycles. The first-order valence-corrected chi connectivity index (χ1v) is 11.2. The van der Waals surface area contributed by atoms with E-state index >= 15 is 0 Å². The lowest BCUT2D eigenvalue weighted by atomic mass is 10.1. The van der Waals surface area contributed by atoms with Gasteiger partial charge in [-0.2, -0.15) is 0 Å². The van der Waals surface area contributed by atoms with Crippen LogP contribution < -0.4 is 10.1 Å². The first-order valence-electron chi connectivity index (χ1n) is 11.2. The van der Waals surface area contributed by atoms with Gasteiger partial charge < -0.3 is 15.0 Å². The molecule has 0 aromatic heterocycles. The number of urea groups is 1. The molecule has 6 heteroatoms. The molecular formula is C23H38N4O2. The van der Waals surface area contributed by atoms with Gasteiger partial charge in [-0.05, 0) is 58.2 Å². The van der Waals surface area contributed by atoms with E-state index in [4.69, 9.17) is 4.74 Å². The summed E-state index contributed by atoms with van der Waals surface area (Å²) in [6.45, 7) is 15.1. The van der Waals surface area contributed by atoms with Crippen molar-refractivity contribution in [3.05, 3.63) is 29.8 Å². The number of amides is 2. The number of carbonyl (C=O) groups excluding carboxylic acids is 1.